The van der Waals surface area contributed by atoms with Crippen molar-refractivity contribution in [2.24, 2.45) is 10.7 Å². The molecule has 156 valence electrons. The molecule has 0 spiro atoms. The molecule has 0 bridgehead atoms. The molecule has 2 aromatic rings. The van der Waals surface area contributed by atoms with E-state index in [-0.39, 0.29) is 11.9 Å². The van der Waals surface area contributed by atoms with Crippen LogP contribution in [0.1, 0.15) is 43.9 Å². The third kappa shape index (κ3) is 8.68. The minimum Gasteiger partial charge on any atom is -0.494 e. The van der Waals surface area contributed by atoms with Gasteiger partial charge in [-0.1, -0.05) is 42.5 Å². The van der Waals surface area contributed by atoms with E-state index in [9.17, 15) is 4.79 Å². The molecule has 4 N–H and O–H groups in total. The van der Waals surface area contributed by atoms with Crippen LogP contribution < -0.4 is 21.1 Å². The predicted octanol–water partition coefficient (Wildman–Crippen LogP) is 3.19. The van der Waals surface area contributed by atoms with Gasteiger partial charge in [0.05, 0.1) is 12.6 Å². The highest BCUT2D eigenvalue weighted by Gasteiger charge is 2.09. The Labute approximate surface area is 173 Å². The number of ether oxygens (including phenoxy) is 1. The van der Waals surface area contributed by atoms with Crippen LogP contribution in [0.3, 0.4) is 0 Å². The molecule has 0 aliphatic carbocycles. The largest absolute Gasteiger partial charge is 0.494 e. The zero-order valence-corrected chi connectivity index (χ0v) is 17.4. The van der Waals surface area contributed by atoms with Gasteiger partial charge >= 0.3 is 0 Å². The van der Waals surface area contributed by atoms with Crippen LogP contribution in [0.15, 0.2) is 59.6 Å². The molecule has 0 aliphatic rings. The average Bonchev–Trinajstić information content (AvgIpc) is 2.73. The number of amides is 1. The van der Waals surface area contributed by atoms with Crippen molar-refractivity contribution in [3.05, 3.63) is 65.7 Å². The second-order valence-electron chi connectivity index (χ2n) is 6.82. The molecule has 0 radical (unpaired) electrons. The van der Waals surface area contributed by atoms with Gasteiger partial charge in [0, 0.05) is 19.5 Å². The Morgan fingerprint density at radius 2 is 1.86 bits per heavy atom. The minimum absolute atomic E-state index is 0.0113. The fraction of sp³-hybridized carbons (Fsp3) is 0.391. The summed E-state index contributed by atoms with van der Waals surface area (Å²) < 4.78 is 5.44. The Morgan fingerprint density at radius 3 is 2.55 bits per heavy atom. The van der Waals surface area contributed by atoms with Gasteiger partial charge in [0.25, 0.3) is 0 Å². The highest BCUT2D eigenvalue weighted by atomic mass is 16.5. The molecule has 1 amide bonds. The van der Waals surface area contributed by atoms with E-state index in [0.717, 1.165) is 24.3 Å². The maximum atomic E-state index is 12.1. The van der Waals surface area contributed by atoms with Crippen molar-refractivity contribution in [2.75, 3.05) is 19.7 Å². The number of aliphatic imine (C=N–C) groups is 1. The summed E-state index contributed by atoms with van der Waals surface area (Å²) in [5.74, 6) is 1.27. The van der Waals surface area contributed by atoms with Gasteiger partial charge in [-0.25, -0.2) is 0 Å². The fourth-order valence-electron chi connectivity index (χ4n) is 2.89. The van der Waals surface area contributed by atoms with E-state index in [1.807, 2.05) is 56.3 Å². The number of nitrogens with two attached hydrogens (primary N) is 1. The van der Waals surface area contributed by atoms with Crippen LogP contribution in [-0.4, -0.2) is 31.6 Å². The summed E-state index contributed by atoms with van der Waals surface area (Å²) >= 11 is 0. The maximum Gasteiger partial charge on any atom is 0.220 e. The number of nitrogens with zero attached hydrogens (tertiary/aromatic N) is 1. The van der Waals surface area contributed by atoms with Gasteiger partial charge in [-0.2, -0.15) is 0 Å². The van der Waals surface area contributed by atoms with Crippen molar-refractivity contribution < 1.29 is 9.53 Å². The molecule has 0 aliphatic heterocycles. The molecular formula is C23H32N4O2. The summed E-state index contributed by atoms with van der Waals surface area (Å²) in [6.07, 6.45) is 1.97. The summed E-state index contributed by atoms with van der Waals surface area (Å²) in [6, 6.07) is 18.0. The van der Waals surface area contributed by atoms with Crippen molar-refractivity contribution in [3.8, 4) is 5.75 Å². The summed E-state index contributed by atoms with van der Waals surface area (Å²) in [5, 5.41) is 6.12. The molecule has 2 rings (SSSR count). The monoisotopic (exact) mass is 396 g/mol. The first-order valence-corrected chi connectivity index (χ1v) is 10.2. The quantitative estimate of drug-likeness (QED) is 0.309. The lowest BCUT2D eigenvalue weighted by Gasteiger charge is -2.15. The fourth-order valence-corrected chi connectivity index (χ4v) is 2.89. The molecule has 0 aromatic heterocycles. The third-order valence-corrected chi connectivity index (χ3v) is 4.48. The van der Waals surface area contributed by atoms with E-state index in [2.05, 4.69) is 27.8 Å². The van der Waals surface area contributed by atoms with Crippen LogP contribution in [0.4, 0.5) is 0 Å². The normalized spacial score (nSPS) is 12.3. The average molecular weight is 397 g/mol. The van der Waals surface area contributed by atoms with Gasteiger partial charge in [0.2, 0.25) is 5.91 Å². The predicted molar refractivity (Wildman–Crippen MR) is 118 cm³/mol. The number of nitrogens with one attached hydrogen (secondary N) is 2. The minimum atomic E-state index is -0.0496. The molecule has 0 heterocycles. The summed E-state index contributed by atoms with van der Waals surface area (Å²) in [7, 11) is 0. The number of benzene rings is 2. The van der Waals surface area contributed by atoms with Crippen molar-refractivity contribution >= 4 is 11.9 Å². The molecule has 2 aromatic carbocycles. The molecule has 0 fully saturated rings. The number of hydrogen-bond acceptors (Lipinski definition) is 3. The topological polar surface area (TPSA) is 88.7 Å². The maximum absolute atomic E-state index is 12.1. The van der Waals surface area contributed by atoms with Gasteiger partial charge in [-0.15, -0.1) is 0 Å². The second kappa shape index (κ2) is 12.4. The van der Waals surface area contributed by atoms with Crippen molar-refractivity contribution in [1.29, 1.82) is 0 Å². The van der Waals surface area contributed by atoms with Crippen LogP contribution >= 0.6 is 0 Å². The second-order valence-corrected chi connectivity index (χ2v) is 6.82. The molecule has 1 atom stereocenters. The number of rotatable bonds is 11. The van der Waals surface area contributed by atoms with Crippen LogP contribution in [0.5, 0.6) is 5.75 Å². The molecule has 0 saturated carbocycles. The van der Waals surface area contributed by atoms with Crippen LogP contribution in [0.2, 0.25) is 0 Å². The van der Waals surface area contributed by atoms with Crippen molar-refractivity contribution in [2.45, 2.75) is 39.2 Å². The lowest BCUT2D eigenvalue weighted by atomic mass is 10.1. The molecular weight excluding hydrogens is 364 g/mol. The molecule has 6 heteroatoms. The summed E-state index contributed by atoms with van der Waals surface area (Å²) in [4.78, 5) is 16.4. The first-order chi connectivity index (χ1) is 14.1. The summed E-state index contributed by atoms with van der Waals surface area (Å²) in [6.45, 7) is 5.82. The summed E-state index contributed by atoms with van der Waals surface area (Å²) in [5.41, 5.74) is 8.18. The Balaban J connectivity index is 1.62. The van der Waals surface area contributed by atoms with E-state index in [1.54, 1.807) is 0 Å². The lowest BCUT2D eigenvalue weighted by molar-refractivity contribution is -0.121. The number of guanidine groups is 1. The smallest absolute Gasteiger partial charge is 0.220 e. The van der Waals surface area contributed by atoms with Crippen molar-refractivity contribution in [1.82, 2.24) is 10.6 Å². The van der Waals surface area contributed by atoms with E-state index in [0.29, 0.717) is 32.0 Å². The van der Waals surface area contributed by atoms with Crippen LogP contribution in [-0.2, 0) is 11.2 Å². The van der Waals surface area contributed by atoms with E-state index in [1.165, 1.54) is 5.56 Å². The van der Waals surface area contributed by atoms with Gasteiger partial charge < -0.3 is 21.1 Å². The number of carbonyl (C=O) groups is 1. The standard InChI is InChI=1S/C23H32N4O2/c1-3-29-21-13-11-20(12-14-21)18(2)27-22(28)10-7-16-25-23(24)26-17-15-19-8-5-4-6-9-19/h4-6,8-9,11-14,18H,3,7,10,15-17H2,1-2H3,(H,27,28)(H3,24,25,26). The van der Waals surface area contributed by atoms with E-state index >= 15 is 0 Å². The highest BCUT2D eigenvalue weighted by Crippen LogP contribution is 2.17. The zero-order chi connectivity index (χ0) is 20.9. The van der Waals surface area contributed by atoms with Crippen molar-refractivity contribution in [3.63, 3.8) is 0 Å². The molecule has 1 unspecified atom stereocenters. The van der Waals surface area contributed by atoms with E-state index < -0.39 is 0 Å². The lowest BCUT2D eigenvalue weighted by Crippen LogP contribution is -2.33. The van der Waals surface area contributed by atoms with Gasteiger partial charge in [0.1, 0.15) is 5.75 Å². The van der Waals surface area contributed by atoms with Gasteiger partial charge in [-0.05, 0) is 49.9 Å². The Bertz CT molecular complexity index is 760. The number of carbonyl (C=O) groups excluding carboxylic acids is 1. The Hall–Kier alpha value is -3.02. The molecule has 6 nitrogen and oxygen atoms in total. The Morgan fingerprint density at radius 1 is 1.14 bits per heavy atom. The van der Waals surface area contributed by atoms with Gasteiger partial charge in [-0.3, -0.25) is 9.79 Å². The zero-order valence-electron chi connectivity index (χ0n) is 17.4. The van der Waals surface area contributed by atoms with Crippen LogP contribution in [0.25, 0.3) is 0 Å². The Kier molecular flexibility index (Phi) is 9.55. The third-order valence-electron chi connectivity index (χ3n) is 4.48. The van der Waals surface area contributed by atoms with Crippen LogP contribution in [0, 0.1) is 0 Å². The molecule has 29 heavy (non-hydrogen) atoms. The highest BCUT2D eigenvalue weighted by molar-refractivity contribution is 5.78. The number of hydrogen-bond donors (Lipinski definition) is 3. The van der Waals surface area contributed by atoms with Gasteiger partial charge in [0.15, 0.2) is 5.96 Å². The molecule has 0 saturated heterocycles. The first-order valence-electron chi connectivity index (χ1n) is 10.2. The van der Waals surface area contributed by atoms with E-state index in [4.69, 9.17) is 10.5 Å². The first kappa shape index (κ1) is 22.3. The SMILES string of the molecule is CCOc1ccc(C(C)NC(=O)CCCN=C(N)NCCc2ccccc2)cc1.